The highest BCUT2D eigenvalue weighted by Crippen LogP contribution is 2.54. The predicted molar refractivity (Wildman–Crippen MR) is 109 cm³/mol. The van der Waals surface area contributed by atoms with E-state index in [0.29, 0.717) is 13.1 Å². The minimum atomic E-state index is -0.915. The van der Waals surface area contributed by atoms with Gasteiger partial charge in [0.1, 0.15) is 0 Å². The van der Waals surface area contributed by atoms with Crippen LogP contribution in [0.1, 0.15) is 30.5 Å². The van der Waals surface area contributed by atoms with Crippen LogP contribution in [0.5, 0.6) is 0 Å². The van der Waals surface area contributed by atoms with Gasteiger partial charge in [-0.2, -0.15) is 0 Å². The number of carbonyl (C=O) groups is 2. The topological polar surface area (TPSA) is 40.6 Å². The number of hydrogen-bond donors (Lipinski definition) is 0. The van der Waals surface area contributed by atoms with Crippen molar-refractivity contribution < 1.29 is 9.59 Å². The Morgan fingerprint density at radius 3 is 2.70 bits per heavy atom. The monoisotopic (exact) mass is 380 g/mol. The van der Waals surface area contributed by atoms with E-state index in [1.54, 1.807) is 16.7 Å². The highest BCUT2D eigenvalue weighted by atomic mass is 32.2. The molecule has 4 nitrogen and oxygen atoms in total. The summed E-state index contributed by atoms with van der Waals surface area (Å²) in [6, 6.07) is 16.2. The zero-order chi connectivity index (χ0) is 19.2. The first kappa shape index (κ1) is 18.1. The van der Waals surface area contributed by atoms with Crippen LogP contribution < -0.4 is 4.90 Å². The lowest BCUT2D eigenvalue weighted by Crippen LogP contribution is -2.51. The largest absolute Gasteiger partial charge is 0.315 e. The number of anilines is 1. The second kappa shape index (κ2) is 6.71. The van der Waals surface area contributed by atoms with Crippen LogP contribution in [-0.4, -0.2) is 29.0 Å². The van der Waals surface area contributed by atoms with Gasteiger partial charge in [-0.15, -0.1) is 11.8 Å². The van der Waals surface area contributed by atoms with Crippen molar-refractivity contribution in [3.8, 4) is 0 Å². The highest BCUT2D eigenvalue weighted by Gasteiger charge is 2.59. The molecule has 0 aliphatic carbocycles. The van der Waals surface area contributed by atoms with Crippen molar-refractivity contribution in [2.45, 2.75) is 32.2 Å². The molecule has 0 bridgehead atoms. The van der Waals surface area contributed by atoms with Crippen molar-refractivity contribution in [3.05, 3.63) is 65.2 Å². The normalized spacial score (nSPS) is 21.4. The van der Waals surface area contributed by atoms with Gasteiger partial charge in [-0.1, -0.05) is 61.9 Å². The second-order valence-corrected chi connectivity index (χ2v) is 8.82. The summed E-state index contributed by atoms with van der Waals surface area (Å²) in [7, 11) is 0. The average Bonchev–Trinajstić information content (AvgIpc) is 3.19. The molecule has 1 atom stereocenters. The third-order valence-electron chi connectivity index (χ3n) is 5.28. The maximum Gasteiger partial charge on any atom is 0.268 e. The first-order chi connectivity index (χ1) is 12.9. The summed E-state index contributed by atoms with van der Waals surface area (Å²) in [5.74, 6) is 0.685. The van der Waals surface area contributed by atoms with Crippen LogP contribution in [0.15, 0.2) is 48.5 Å². The van der Waals surface area contributed by atoms with Crippen molar-refractivity contribution in [1.82, 2.24) is 4.90 Å². The number of amides is 2. The summed E-state index contributed by atoms with van der Waals surface area (Å²) in [6.45, 7) is 6.98. The molecule has 0 aromatic heterocycles. The second-order valence-electron chi connectivity index (χ2n) is 7.53. The third kappa shape index (κ3) is 2.76. The minimum absolute atomic E-state index is 0.00158. The van der Waals surface area contributed by atoms with Gasteiger partial charge in [0.2, 0.25) is 5.91 Å². The number of para-hydroxylation sites is 1. The molecule has 0 N–H and O–H groups in total. The molecule has 1 spiro atoms. The Balaban J connectivity index is 1.79. The van der Waals surface area contributed by atoms with E-state index in [1.165, 1.54) is 5.56 Å². The van der Waals surface area contributed by atoms with Crippen molar-refractivity contribution in [3.63, 3.8) is 0 Å². The molecule has 5 heteroatoms. The van der Waals surface area contributed by atoms with Gasteiger partial charge in [0.05, 0.1) is 12.2 Å². The predicted octanol–water partition coefficient (Wildman–Crippen LogP) is 3.93. The SMILES string of the molecule is Cc1cccc(CN2C(=O)C3(SCCN3C(=O)C(C)C)c3ccccc32)c1. The number of rotatable bonds is 3. The standard InChI is InChI=1S/C22H24N2O2S/c1-15(2)20(25)24-11-12-27-22(24)18-9-4-5-10-19(18)23(21(22)26)14-17-8-6-7-16(3)13-17/h4-10,13,15H,11-12,14H2,1-3H3. The van der Waals surface area contributed by atoms with Crippen LogP contribution in [-0.2, 0) is 21.0 Å². The molecule has 1 unspecified atom stereocenters. The molecule has 2 aromatic rings. The molecule has 2 heterocycles. The molecule has 2 amide bonds. The summed E-state index contributed by atoms with van der Waals surface area (Å²) in [5, 5.41) is 0. The van der Waals surface area contributed by atoms with E-state index in [1.807, 2.05) is 55.1 Å². The first-order valence-corrected chi connectivity index (χ1v) is 10.4. The summed E-state index contributed by atoms with van der Waals surface area (Å²) in [5.41, 5.74) is 4.13. The Hall–Kier alpha value is -2.27. The molecule has 2 aliphatic heterocycles. The number of benzene rings is 2. The molecule has 1 fully saturated rings. The van der Waals surface area contributed by atoms with Crippen molar-refractivity contribution in [1.29, 1.82) is 0 Å². The number of fused-ring (bicyclic) bond motifs is 2. The van der Waals surface area contributed by atoms with E-state index in [4.69, 9.17) is 0 Å². The van der Waals surface area contributed by atoms with E-state index < -0.39 is 4.87 Å². The van der Waals surface area contributed by atoms with Gasteiger partial charge in [0.15, 0.2) is 4.87 Å². The zero-order valence-corrected chi connectivity index (χ0v) is 16.8. The number of aryl methyl sites for hydroxylation is 1. The Kier molecular flexibility index (Phi) is 4.50. The third-order valence-corrected chi connectivity index (χ3v) is 6.70. The van der Waals surface area contributed by atoms with Crippen molar-refractivity contribution in [2.24, 2.45) is 5.92 Å². The van der Waals surface area contributed by atoms with Crippen LogP contribution in [0.25, 0.3) is 0 Å². The number of thioether (sulfide) groups is 1. The maximum atomic E-state index is 13.7. The van der Waals surface area contributed by atoms with E-state index in [-0.39, 0.29) is 17.7 Å². The molecule has 0 radical (unpaired) electrons. The lowest BCUT2D eigenvalue weighted by molar-refractivity contribution is -0.142. The van der Waals surface area contributed by atoms with E-state index >= 15 is 0 Å². The maximum absolute atomic E-state index is 13.7. The molecule has 4 rings (SSSR count). The lowest BCUT2D eigenvalue weighted by Gasteiger charge is -2.34. The fraction of sp³-hybridized carbons (Fsp3) is 0.364. The fourth-order valence-electron chi connectivity index (χ4n) is 4.05. The molecule has 2 aliphatic rings. The zero-order valence-electron chi connectivity index (χ0n) is 15.9. The smallest absolute Gasteiger partial charge is 0.268 e. The van der Waals surface area contributed by atoms with Crippen LogP contribution >= 0.6 is 11.8 Å². The number of hydrogen-bond acceptors (Lipinski definition) is 3. The summed E-state index contributed by atoms with van der Waals surface area (Å²) < 4.78 is 0. The molecule has 1 saturated heterocycles. The van der Waals surface area contributed by atoms with Gasteiger partial charge < -0.3 is 9.80 Å². The van der Waals surface area contributed by atoms with Crippen molar-refractivity contribution in [2.75, 3.05) is 17.2 Å². The Morgan fingerprint density at radius 1 is 1.19 bits per heavy atom. The van der Waals surface area contributed by atoms with Crippen molar-refractivity contribution >= 4 is 29.3 Å². The van der Waals surface area contributed by atoms with E-state index in [9.17, 15) is 9.59 Å². The molecular formula is C22H24N2O2S. The van der Waals surface area contributed by atoms with Gasteiger partial charge in [0.25, 0.3) is 5.91 Å². The first-order valence-electron chi connectivity index (χ1n) is 9.37. The van der Waals surface area contributed by atoms with Crippen LogP contribution in [0.4, 0.5) is 5.69 Å². The molecule has 2 aromatic carbocycles. The Labute approximate surface area is 164 Å². The highest BCUT2D eigenvalue weighted by molar-refractivity contribution is 8.01. The minimum Gasteiger partial charge on any atom is -0.315 e. The van der Waals surface area contributed by atoms with Gasteiger partial charge in [0, 0.05) is 23.8 Å². The van der Waals surface area contributed by atoms with Crippen LogP contribution in [0.3, 0.4) is 0 Å². The number of nitrogens with zero attached hydrogens (tertiary/aromatic N) is 2. The molecule has 140 valence electrons. The lowest BCUT2D eigenvalue weighted by atomic mass is 10.0. The van der Waals surface area contributed by atoms with Crippen LogP contribution in [0.2, 0.25) is 0 Å². The van der Waals surface area contributed by atoms with Gasteiger partial charge in [-0.05, 0) is 18.6 Å². The molecule has 0 saturated carbocycles. The van der Waals surface area contributed by atoms with Gasteiger partial charge in [-0.3, -0.25) is 9.59 Å². The summed E-state index contributed by atoms with van der Waals surface area (Å²) in [4.78, 5) is 29.4. The fourth-order valence-corrected chi connectivity index (χ4v) is 5.52. The number of carbonyl (C=O) groups excluding carboxylic acids is 2. The quantitative estimate of drug-likeness (QED) is 0.810. The average molecular weight is 381 g/mol. The van der Waals surface area contributed by atoms with Gasteiger partial charge in [-0.25, -0.2) is 0 Å². The Morgan fingerprint density at radius 2 is 1.96 bits per heavy atom. The van der Waals surface area contributed by atoms with Gasteiger partial charge >= 0.3 is 0 Å². The summed E-state index contributed by atoms with van der Waals surface area (Å²) >= 11 is 1.59. The Bertz CT molecular complexity index is 911. The van der Waals surface area contributed by atoms with E-state index in [0.717, 1.165) is 22.6 Å². The summed E-state index contributed by atoms with van der Waals surface area (Å²) in [6.07, 6.45) is 0. The molecular weight excluding hydrogens is 356 g/mol. The van der Waals surface area contributed by atoms with Crippen LogP contribution in [0, 0.1) is 12.8 Å². The van der Waals surface area contributed by atoms with E-state index in [2.05, 4.69) is 19.1 Å². The molecule has 27 heavy (non-hydrogen) atoms.